The fraction of sp³-hybridized carbons (Fsp3) is 0.455. The van der Waals surface area contributed by atoms with Crippen molar-refractivity contribution in [3.8, 4) is 6.07 Å². The number of Topliss-reactive ketones (excluding diaryl/α,β-unsaturated/α-hetero) is 1. The predicted octanol–water partition coefficient (Wildman–Crippen LogP) is 1.07. The van der Waals surface area contributed by atoms with E-state index in [0.717, 1.165) is 0 Å². The summed E-state index contributed by atoms with van der Waals surface area (Å²) in [5, 5.41) is 15.9. The van der Waals surface area contributed by atoms with Gasteiger partial charge in [0.05, 0.1) is 12.5 Å². The third-order valence-electron chi connectivity index (χ3n) is 1.20. The van der Waals surface area contributed by atoms with Crippen molar-refractivity contribution in [3.63, 3.8) is 0 Å². The van der Waals surface area contributed by atoms with Crippen LogP contribution in [0.1, 0.15) is 26.7 Å². The number of carboxylic acids is 1. The molecule has 17 heavy (non-hydrogen) atoms. The lowest BCUT2D eigenvalue weighted by Gasteiger charge is -1.98. The van der Waals surface area contributed by atoms with E-state index in [-0.39, 0.29) is 25.2 Å². The predicted molar refractivity (Wildman–Crippen MR) is 58.9 cm³/mol. The average Bonchev–Trinajstić information content (AvgIpc) is 2.16. The first-order chi connectivity index (χ1) is 7.81. The normalized spacial score (nSPS) is 8.06. The number of hydrogen-bond acceptors (Lipinski definition) is 5. The van der Waals surface area contributed by atoms with Crippen LogP contribution in [0, 0.1) is 11.3 Å². The number of hydrogen-bond donors (Lipinski definition) is 1. The van der Waals surface area contributed by atoms with Crippen LogP contribution in [0.2, 0.25) is 0 Å². The van der Waals surface area contributed by atoms with Crippen LogP contribution in [-0.4, -0.2) is 29.4 Å². The Morgan fingerprint density at radius 2 is 1.88 bits per heavy atom. The topological polar surface area (TPSA) is 104 Å². The Morgan fingerprint density at radius 1 is 1.35 bits per heavy atom. The van der Waals surface area contributed by atoms with E-state index in [1.54, 1.807) is 6.92 Å². The Bertz CT molecular complexity index is 328. The molecule has 1 N–H and O–H groups in total. The van der Waals surface area contributed by atoms with E-state index < -0.39 is 11.9 Å². The molecular formula is C11H15NO5. The van der Waals surface area contributed by atoms with Gasteiger partial charge in [0.1, 0.15) is 18.8 Å². The summed E-state index contributed by atoms with van der Waals surface area (Å²) in [6, 6.07) is 1.86. The highest BCUT2D eigenvalue weighted by atomic mass is 16.5. The molecule has 0 spiro atoms. The van der Waals surface area contributed by atoms with Gasteiger partial charge in [-0.25, -0.2) is 4.79 Å². The number of carboxylic acid groups (broad SMARTS) is 1. The number of esters is 1. The molecule has 0 heterocycles. The number of ketones is 1. The first-order valence-corrected chi connectivity index (χ1v) is 4.72. The molecule has 94 valence electrons. The van der Waals surface area contributed by atoms with Crippen LogP contribution >= 0.6 is 0 Å². The summed E-state index contributed by atoms with van der Waals surface area (Å²) in [5.74, 6) is -1.81. The molecule has 0 saturated carbocycles. The van der Waals surface area contributed by atoms with E-state index in [1.165, 1.54) is 6.92 Å². The van der Waals surface area contributed by atoms with Crippen LogP contribution in [0.15, 0.2) is 12.2 Å². The van der Waals surface area contributed by atoms with Gasteiger partial charge in [0, 0.05) is 5.57 Å². The molecule has 0 aromatic rings. The second kappa shape index (κ2) is 10.4. The van der Waals surface area contributed by atoms with E-state index in [4.69, 9.17) is 10.4 Å². The number of carbonyl (C=O) groups is 3. The molecule has 0 aromatic heterocycles. The van der Waals surface area contributed by atoms with Crippen LogP contribution < -0.4 is 0 Å². The molecular weight excluding hydrogens is 226 g/mol. The summed E-state index contributed by atoms with van der Waals surface area (Å²) in [6.07, 6.45) is -0.126. The lowest BCUT2D eigenvalue weighted by atomic mass is 10.3. The lowest BCUT2D eigenvalue weighted by Crippen LogP contribution is -2.05. The molecule has 0 aliphatic heterocycles. The first-order valence-electron chi connectivity index (χ1n) is 4.72. The zero-order valence-corrected chi connectivity index (χ0v) is 9.86. The summed E-state index contributed by atoms with van der Waals surface area (Å²) in [6.45, 7) is 6.34. The fourth-order valence-corrected chi connectivity index (χ4v) is 0.526. The second-order valence-electron chi connectivity index (χ2n) is 3.10. The first kappa shape index (κ1) is 17.2. The molecule has 0 rings (SSSR count). The molecule has 6 nitrogen and oxygen atoms in total. The summed E-state index contributed by atoms with van der Waals surface area (Å²) in [4.78, 5) is 30.0. The maximum atomic E-state index is 10.6. The van der Waals surface area contributed by atoms with Gasteiger partial charge < -0.3 is 9.84 Å². The van der Waals surface area contributed by atoms with Gasteiger partial charge in [-0.2, -0.15) is 5.26 Å². The van der Waals surface area contributed by atoms with Crippen molar-refractivity contribution in [2.24, 2.45) is 0 Å². The van der Waals surface area contributed by atoms with E-state index in [9.17, 15) is 14.4 Å². The van der Waals surface area contributed by atoms with Crippen LogP contribution in [0.4, 0.5) is 0 Å². The van der Waals surface area contributed by atoms with E-state index >= 15 is 0 Å². The van der Waals surface area contributed by atoms with Crippen molar-refractivity contribution in [3.05, 3.63) is 12.2 Å². The van der Waals surface area contributed by atoms with Gasteiger partial charge in [-0.1, -0.05) is 6.58 Å². The summed E-state index contributed by atoms with van der Waals surface area (Å²) in [5.41, 5.74) is 0.359. The van der Waals surface area contributed by atoms with Crippen molar-refractivity contribution in [2.75, 3.05) is 6.61 Å². The van der Waals surface area contributed by atoms with Crippen LogP contribution in [0.25, 0.3) is 0 Å². The van der Waals surface area contributed by atoms with Crippen molar-refractivity contribution in [1.82, 2.24) is 0 Å². The van der Waals surface area contributed by atoms with Gasteiger partial charge in [-0.15, -0.1) is 0 Å². The zero-order chi connectivity index (χ0) is 13.8. The van der Waals surface area contributed by atoms with E-state index in [1.807, 2.05) is 6.07 Å². The maximum Gasteiger partial charge on any atom is 0.333 e. The van der Waals surface area contributed by atoms with Crippen molar-refractivity contribution in [1.29, 1.82) is 5.26 Å². The van der Waals surface area contributed by atoms with Crippen molar-refractivity contribution >= 4 is 17.7 Å². The number of rotatable bonds is 5. The molecule has 6 heteroatoms. The van der Waals surface area contributed by atoms with Gasteiger partial charge in [-0.3, -0.25) is 9.59 Å². The molecule has 0 saturated heterocycles. The third kappa shape index (κ3) is 16.5. The van der Waals surface area contributed by atoms with Crippen LogP contribution in [0.5, 0.6) is 0 Å². The van der Waals surface area contributed by atoms with Gasteiger partial charge in [-0.05, 0) is 13.8 Å². The summed E-state index contributed by atoms with van der Waals surface area (Å²) in [7, 11) is 0. The standard InChI is InChI=1S/C7H9NO2.C4H6O3/c1-6(2)7(9)10-5-3-4-8;1-3(5)2-4(6)7/h1,3,5H2,2H3;2H2,1H3,(H,6,7). The third-order valence-corrected chi connectivity index (χ3v) is 1.20. The average molecular weight is 241 g/mol. The van der Waals surface area contributed by atoms with Gasteiger partial charge >= 0.3 is 11.9 Å². The molecule has 0 aliphatic carbocycles. The quantitative estimate of drug-likeness (QED) is 0.334. The van der Waals surface area contributed by atoms with Crippen molar-refractivity contribution in [2.45, 2.75) is 26.7 Å². The molecule has 0 bridgehead atoms. The highest BCUT2D eigenvalue weighted by Crippen LogP contribution is 1.92. The van der Waals surface area contributed by atoms with Gasteiger partial charge in [0.15, 0.2) is 0 Å². The second-order valence-corrected chi connectivity index (χ2v) is 3.10. The lowest BCUT2D eigenvalue weighted by molar-refractivity contribution is -0.140. The number of aliphatic carboxylic acids is 1. The minimum atomic E-state index is -1.06. The number of nitrogens with zero attached hydrogens (tertiary/aromatic N) is 1. The molecule has 0 amide bonds. The minimum Gasteiger partial charge on any atom is -0.481 e. The Balaban J connectivity index is 0. The van der Waals surface area contributed by atoms with Crippen LogP contribution in [-0.2, 0) is 19.1 Å². The summed E-state index contributed by atoms with van der Waals surface area (Å²) < 4.78 is 4.58. The molecule has 0 aromatic carbocycles. The van der Waals surface area contributed by atoms with E-state index in [0.29, 0.717) is 5.57 Å². The Labute approximate surface area is 99.5 Å². The SMILES string of the molecule is C=C(C)C(=O)OCCC#N.CC(=O)CC(=O)O. The Hall–Kier alpha value is -2.16. The number of nitriles is 1. The fourth-order valence-electron chi connectivity index (χ4n) is 0.526. The van der Waals surface area contributed by atoms with E-state index in [2.05, 4.69) is 11.3 Å². The minimum absolute atomic E-state index is 0.155. The highest BCUT2D eigenvalue weighted by molar-refractivity contribution is 5.93. The number of ether oxygens (including phenoxy) is 1. The molecule has 0 fully saturated rings. The smallest absolute Gasteiger partial charge is 0.333 e. The summed E-state index contributed by atoms with van der Waals surface area (Å²) >= 11 is 0. The Kier molecular flexibility index (Phi) is 10.5. The largest absolute Gasteiger partial charge is 0.481 e. The maximum absolute atomic E-state index is 10.6. The zero-order valence-electron chi connectivity index (χ0n) is 9.86. The molecule has 0 unspecified atom stereocenters. The van der Waals surface area contributed by atoms with Gasteiger partial charge in [0.2, 0.25) is 0 Å². The highest BCUT2D eigenvalue weighted by Gasteiger charge is 2.00. The van der Waals surface area contributed by atoms with Crippen LogP contribution in [0.3, 0.4) is 0 Å². The molecule has 0 atom stereocenters. The van der Waals surface area contributed by atoms with Crippen molar-refractivity contribution < 1.29 is 24.2 Å². The Morgan fingerprint density at radius 3 is 2.12 bits per heavy atom. The van der Waals surface area contributed by atoms with Gasteiger partial charge in [0.25, 0.3) is 0 Å². The monoisotopic (exact) mass is 241 g/mol. The molecule has 0 radical (unpaired) electrons. The molecule has 0 aliphatic rings. The number of carbonyl (C=O) groups excluding carboxylic acids is 2.